The summed E-state index contributed by atoms with van der Waals surface area (Å²) in [5.74, 6) is -0.850. The second-order valence-electron chi connectivity index (χ2n) is 4.66. The van der Waals surface area contributed by atoms with Gasteiger partial charge in [0, 0.05) is 4.88 Å². The average molecular weight is 260 g/mol. The first kappa shape index (κ1) is 12.8. The number of aromatic carboxylic acids is 1. The van der Waals surface area contributed by atoms with Crippen LogP contribution in [0.3, 0.4) is 0 Å². The first-order chi connectivity index (χ1) is 8.40. The molecule has 1 aromatic heterocycles. The van der Waals surface area contributed by atoms with Gasteiger partial charge in [0.1, 0.15) is 4.88 Å². The third-order valence-electron chi connectivity index (χ3n) is 3.07. The van der Waals surface area contributed by atoms with E-state index in [9.17, 15) is 4.79 Å². The molecule has 0 saturated carbocycles. The highest BCUT2D eigenvalue weighted by Gasteiger charge is 2.15. The molecular weight excluding hydrogens is 244 g/mol. The van der Waals surface area contributed by atoms with E-state index in [-0.39, 0.29) is 0 Å². The molecule has 2 aromatic rings. The summed E-state index contributed by atoms with van der Waals surface area (Å²) in [6.45, 7) is 8.21. The van der Waals surface area contributed by atoms with E-state index < -0.39 is 5.97 Å². The van der Waals surface area contributed by atoms with Crippen molar-refractivity contribution >= 4 is 17.3 Å². The van der Waals surface area contributed by atoms with Crippen LogP contribution in [0, 0.1) is 27.7 Å². The van der Waals surface area contributed by atoms with Crippen LogP contribution in [0.4, 0.5) is 0 Å². The molecule has 18 heavy (non-hydrogen) atoms. The van der Waals surface area contributed by atoms with Crippen molar-refractivity contribution in [3.8, 4) is 11.1 Å². The minimum absolute atomic E-state index is 0.405. The lowest BCUT2D eigenvalue weighted by atomic mass is 9.94. The molecule has 1 heterocycles. The molecule has 0 unspecified atom stereocenters. The number of hydrogen-bond acceptors (Lipinski definition) is 2. The van der Waals surface area contributed by atoms with Gasteiger partial charge in [0.2, 0.25) is 0 Å². The zero-order valence-corrected chi connectivity index (χ0v) is 11.8. The molecule has 94 valence electrons. The van der Waals surface area contributed by atoms with Crippen molar-refractivity contribution in [1.29, 1.82) is 0 Å². The summed E-state index contributed by atoms with van der Waals surface area (Å²) < 4.78 is 0. The van der Waals surface area contributed by atoms with Crippen molar-refractivity contribution in [2.24, 2.45) is 0 Å². The molecule has 2 rings (SSSR count). The summed E-state index contributed by atoms with van der Waals surface area (Å²) in [5, 5.41) is 9.06. The molecule has 0 aliphatic carbocycles. The summed E-state index contributed by atoms with van der Waals surface area (Å²) >= 11 is 1.34. The Morgan fingerprint density at radius 1 is 1.06 bits per heavy atom. The van der Waals surface area contributed by atoms with Crippen LogP contribution in [0.1, 0.15) is 31.2 Å². The minimum atomic E-state index is -0.850. The molecule has 1 N–H and O–H groups in total. The second kappa shape index (κ2) is 4.58. The maximum Gasteiger partial charge on any atom is 0.345 e. The fourth-order valence-corrected chi connectivity index (χ4v) is 3.31. The Morgan fingerprint density at radius 3 is 2.06 bits per heavy atom. The first-order valence-corrected chi connectivity index (χ1v) is 6.63. The zero-order chi connectivity index (χ0) is 13.4. The highest BCUT2D eigenvalue weighted by molar-refractivity contribution is 7.14. The quantitative estimate of drug-likeness (QED) is 0.871. The number of carboxylic acid groups (broad SMARTS) is 1. The Hall–Kier alpha value is -1.61. The number of carbonyl (C=O) groups is 1. The predicted octanol–water partition coefficient (Wildman–Crippen LogP) is 4.35. The fourth-order valence-electron chi connectivity index (χ4n) is 2.44. The van der Waals surface area contributed by atoms with E-state index in [0.717, 1.165) is 10.4 Å². The van der Waals surface area contributed by atoms with Gasteiger partial charge in [-0.2, -0.15) is 0 Å². The lowest BCUT2D eigenvalue weighted by Gasteiger charge is -2.11. The van der Waals surface area contributed by atoms with Crippen molar-refractivity contribution in [2.45, 2.75) is 27.7 Å². The largest absolute Gasteiger partial charge is 0.477 e. The molecule has 0 radical (unpaired) electrons. The summed E-state index contributed by atoms with van der Waals surface area (Å²) in [6.07, 6.45) is 0. The molecule has 0 bridgehead atoms. The maximum absolute atomic E-state index is 11.0. The summed E-state index contributed by atoms with van der Waals surface area (Å²) in [6, 6.07) is 6.06. The SMILES string of the molecule is Cc1cc(C)c(-c2cc(C(=O)O)sc2C)c(C)c1. The van der Waals surface area contributed by atoms with Crippen LogP contribution < -0.4 is 0 Å². The van der Waals surface area contributed by atoms with E-state index in [4.69, 9.17) is 5.11 Å². The van der Waals surface area contributed by atoms with Gasteiger partial charge in [-0.25, -0.2) is 4.79 Å². The Bertz CT molecular complexity index is 600. The Kier molecular flexibility index (Phi) is 3.26. The van der Waals surface area contributed by atoms with E-state index in [1.54, 1.807) is 6.07 Å². The van der Waals surface area contributed by atoms with E-state index in [1.165, 1.54) is 33.6 Å². The number of hydrogen-bond donors (Lipinski definition) is 1. The smallest absolute Gasteiger partial charge is 0.345 e. The molecule has 3 heteroatoms. The van der Waals surface area contributed by atoms with E-state index in [2.05, 4.69) is 32.9 Å². The standard InChI is InChI=1S/C15H16O2S/c1-8-5-9(2)14(10(3)6-8)12-7-13(15(16)17)18-11(12)4/h5-7H,1-4H3,(H,16,17). The van der Waals surface area contributed by atoms with Crippen molar-refractivity contribution in [1.82, 2.24) is 0 Å². The van der Waals surface area contributed by atoms with E-state index in [0.29, 0.717) is 4.88 Å². The van der Waals surface area contributed by atoms with Crippen LogP contribution >= 0.6 is 11.3 Å². The van der Waals surface area contributed by atoms with Gasteiger partial charge in [-0.1, -0.05) is 17.7 Å². The molecule has 2 nitrogen and oxygen atoms in total. The monoisotopic (exact) mass is 260 g/mol. The predicted molar refractivity (Wildman–Crippen MR) is 75.7 cm³/mol. The number of aryl methyl sites for hydroxylation is 4. The van der Waals surface area contributed by atoms with Gasteiger partial charge in [-0.05, 0) is 56.0 Å². The summed E-state index contributed by atoms with van der Waals surface area (Å²) in [4.78, 5) is 12.5. The zero-order valence-electron chi connectivity index (χ0n) is 11.0. The highest BCUT2D eigenvalue weighted by Crippen LogP contribution is 2.35. The molecule has 0 atom stereocenters. The van der Waals surface area contributed by atoms with Gasteiger partial charge in [0.25, 0.3) is 0 Å². The lowest BCUT2D eigenvalue weighted by molar-refractivity contribution is 0.0702. The van der Waals surface area contributed by atoms with Crippen molar-refractivity contribution in [3.05, 3.63) is 44.6 Å². The van der Waals surface area contributed by atoms with Gasteiger partial charge in [-0.15, -0.1) is 11.3 Å². The summed E-state index contributed by atoms with van der Waals surface area (Å²) in [5.41, 5.74) is 5.85. The second-order valence-corrected chi connectivity index (χ2v) is 5.92. The number of thiophene rings is 1. The Labute approximate surface area is 111 Å². The lowest BCUT2D eigenvalue weighted by Crippen LogP contribution is -1.92. The van der Waals surface area contributed by atoms with Gasteiger partial charge < -0.3 is 5.11 Å². The van der Waals surface area contributed by atoms with Crippen LogP contribution in [0.25, 0.3) is 11.1 Å². The Balaban J connectivity index is 2.66. The normalized spacial score (nSPS) is 10.7. The summed E-state index contributed by atoms with van der Waals surface area (Å²) in [7, 11) is 0. The Morgan fingerprint density at radius 2 is 1.61 bits per heavy atom. The molecule has 1 aromatic carbocycles. The number of carboxylic acids is 1. The number of rotatable bonds is 2. The average Bonchev–Trinajstić information content (AvgIpc) is 2.59. The van der Waals surface area contributed by atoms with Crippen LogP contribution in [0.15, 0.2) is 18.2 Å². The molecule has 0 aliphatic rings. The molecular formula is C15H16O2S. The van der Waals surface area contributed by atoms with Crippen molar-refractivity contribution in [2.75, 3.05) is 0 Å². The van der Waals surface area contributed by atoms with Gasteiger partial charge >= 0.3 is 5.97 Å². The van der Waals surface area contributed by atoms with Crippen molar-refractivity contribution < 1.29 is 9.90 Å². The molecule has 0 aliphatic heterocycles. The maximum atomic E-state index is 11.0. The first-order valence-electron chi connectivity index (χ1n) is 5.82. The number of benzene rings is 1. The third-order valence-corrected chi connectivity index (χ3v) is 4.11. The van der Waals surface area contributed by atoms with Crippen LogP contribution in [0.5, 0.6) is 0 Å². The van der Waals surface area contributed by atoms with Gasteiger partial charge in [0.15, 0.2) is 0 Å². The highest BCUT2D eigenvalue weighted by atomic mass is 32.1. The molecule has 0 fully saturated rings. The van der Waals surface area contributed by atoms with Crippen LogP contribution in [-0.2, 0) is 0 Å². The van der Waals surface area contributed by atoms with Crippen LogP contribution in [0.2, 0.25) is 0 Å². The topological polar surface area (TPSA) is 37.3 Å². The van der Waals surface area contributed by atoms with Crippen molar-refractivity contribution in [3.63, 3.8) is 0 Å². The van der Waals surface area contributed by atoms with Gasteiger partial charge in [-0.3, -0.25) is 0 Å². The fraction of sp³-hybridized carbons (Fsp3) is 0.267. The molecule has 0 amide bonds. The molecule has 0 spiro atoms. The van der Waals surface area contributed by atoms with E-state index >= 15 is 0 Å². The van der Waals surface area contributed by atoms with E-state index in [1.807, 2.05) is 6.92 Å². The third kappa shape index (κ3) is 2.18. The van der Waals surface area contributed by atoms with Crippen LogP contribution in [-0.4, -0.2) is 11.1 Å². The van der Waals surface area contributed by atoms with Gasteiger partial charge in [0.05, 0.1) is 0 Å². The minimum Gasteiger partial charge on any atom is -0.477 e. The molecule has 0 saturated heterocycles.